The second-order valence-electron chi connectivity index (χ2n) is 5.09. The lowest BCUT2D eigenvalue weighted by Crippen LogP contribution is -2.56. The number of hydrogen-bond donors (Lipinski definition) is 6. The van der Waals surface area contributed by atoms with Gasteiger partial charge in [0.15, 0.2) is 0 Å². The Hall–Kier alpha value is -1.81. The molecule has 3 unspecified atom stereocenters. The molecule has 0 saturated carbocycles. The first-order chi connectivity index (χ1) is 10.1. The zero-order valence-electron chi connectivity index (χ0n) is 12.4. The predicted molar refractivity (Wildman–Crippen MR) is 82.0 cm³/mol. The van der Waals surface area contributed by atoms with Crippen LogP contribution in [0.1, 0.15) is 20.3 Å². The number of carboxylic acids is 1. The Morgan fingerprint density at radius 1 is 1.14 bits per heavy atom. The van der Waals surface area contributed by atoms with E-state index in [-0.39, 0.29) is 18.1 Å². The highest BCUT2D eigenvalue weighted by Crippen LogP contribution is 2.03. The summed E-state index contributed by atoms with van der Waals surface area (Å²) in [5.41, 5.74) is 10.4. The molecule has 0 aromatic carbocycles. The molecular weight excluding hydrogens is 312 g/mol. The van der Waals surface area contributed by atoms with Crippen molar-refractivity contribution >= 4 is 36.3 Å². The topological polar surface area (TPSA) is 165 Å². The summed E-state index contributed by atoms with van der Waals surface area (Å²) < 4.78 is 0. The quantitative estimate of drug-likeness (QED) is 0.263. The smallest absolute Gasteiger partial charge is 0.326 e. The summed E-state index contributed by atoms with van der Waals surface area (Å²) in [4.78, 5) is 45.5. The summed E-state index contributed by atoms with van der Waals surface area (Å²) >= 11 is 3.94. The maximum atomic E-state index is 12.0. The minimum atomic E-state index is -1.19. The van der Waals surface area contributed by atoms with E-state index in [1.807, 2.05) is 0 Å². The number of carboxylic acid groups (broad SMARTS) is 1. The summed E-state index contributed by atoms with van der Waals surface area (Å²) in [7, 11) is 0. The highest BCUT2D eigenvalue weighted by atomic mass is 32.1. The molecular formula is C12H22N4O5S. The molecule has 0 aliphatic carbocycles. The van der Waals surface area contributed by atoms with Crippen molar-refractivity contribution in [1.29, 1.82) is 0 Å². The van der Waals surface area contributed by atoms with Gasteiger partial charge >= 0.3 is 5.97 Å². The molecule has 0 bridgehead atoms. The number of carbonyl (C=O) groups is 4. The lowest BCUT2D eigenvalue weighted by molar-refractivity contribution is -0.143. The Balaban J connectivity index is 4.75. The first kappa shape index (κ1) is 20.2. The van der Waals surface area contributed by atoms with E-state index in [9.17, 15) is 19.2 Å². The maximum Gasteiger partial charge on any atom is 0.326 e. The van der Waals surface area contributed by atoms with Crippen LogP contribution in [0.2, 0.25) is 0 Å². The molecule has 0 aromatic rings. The van der Waals surface area contributed by atoms with Gasteiger partial charge in [-0.2, -0.15) is 12.6 Å². The van der Waals surface area contributed by atoms with Gasteiger partial charge in [0, 0.05) is 5.75 Å². The number of thiol groups is 1. The van der Waals surface area contributed by atoms with E-state index in [1.54, 1.807) is 13.8 Å². The second kappa shape index (κ2) is 9.26. The van der Waals surface area contributed by atoms with Crippen molar-refractivity contribution < 1.29 is 24.3 Å². The van der Waals surface area contributed by atoms with E-state index in [4.69, 9.17) is 16.6 Å². The van der Waals surface area contributed by atoms with Crippen molar-refractivity contribution in [3.05, 3.63) is 0 Å². The molecule has 3 amide bonds. The van der Waals surface area contributed by atoms with Crippen LogP contribution in [0.3, 0.4) is 0 Å². The number of aliphatic carboxylic acids is 1. The van der Waals surface area contributed by atoms with E-state index in [1.165, 1.54) is 0 Å². The van der Waals surface area contributed by atoms with E-state index >= 15 is 0 Å². The van der Waals surface area contributed by atoms with Crippen LogP contribution >= 0.6 is 12.6 Å². The summed E-state index contributed by atoms with van der Waals surface area (Å²) in [5.74, 6) is -3.78. The van der Waals surface area contributed by atoms with Crippen molar-refractivity contribution in [2.75, 3.05) is 5.75 Å². The van der Waals surface area contributed by atoms with Gasteiger partial charge in [-0.3, -0.25) is 14.4 Å². The van der Waals surface area contributed by atoms with Gasteiger partial charge in [-0.15, -0.1) is 0 Å². The summed E-state index contributed by atoms with van der Waals surface area (Å²) in [6.45, 7) is 3.27. The number of nitrogens with one attached hydrogen (secondary N) is 2. The monoisotopic (exact) mass is 334 g/mol. The highest BCUT2D eigenvalue weighted by Gasteiger charge is 2.29. The SMILES string of the molecule is CC(C)C(NC(=O)C(CS)NC(=O)C(N)CC(N)=O)C(=O)O. The van der Waals surface area contributed by atoms with Crippen LogP contribution in [0.5, 0.6) is 0 Å². The van der Waals surface area contributed by atoms with Crippen molar-refractivity contribution in [1.82, 2.24) is 10.6 Å². The molecule has 0 aliphatic heterocycles. The Morgan fingerprint density at radius 3 is 2.05 bits per heavy atom. The van der Waals surface area contributed by atoms with Crippen LogP contribution in [0, 0.1) is 5.92 Å². The Bertz CT molecular complexity index is 443. The molecule has 0 aliphatic rings. The number of primary amides is 1. The third kappa shape index (κ3) is 6.76. The summed E-state index contributed by atoms with van der Waals surface area (Å²) in [5, 5.41) is 13.6. The van der Waals surface area contributed by atoms with Gasteiger partial charge < -0.3 is 27.2 Å². The summed E-state index contributed by atoms with van der Waals surface area (Å²) in [6.07, 6.45) is -0.365. The van der Waals surface area contributed by atoms with Gasteiger partial charge in [0.05, 0.1) is 12.5 Å². The van der Waals surface area contributed by atoms with Gasteiger partial charge in [-0.05, 0) is 5.92 Å². The van der Waals surface area contributed by atoms with Crippen molar-refractivity contribution in [2.45, 2.75) is 38.4 Å². The van der Waals surface area contributed by atoms with Crippen LogP contribution in [0.25, 0.3) is 0 Å². The zero-order chi connectivity index (χ0) is 17.4. The third-order valence-corrected chi connectivity index (χ3v) is 3.17. The van der Waals surface area contributed by atoms with E-state index < -0.39 is 41.8 Å². The average molecular weight is 334 g/mol. The lowest BCUT2D eigenvalue weighted by Gasteiger charge is -2.23. The van der Waals surface area contributed by atoms with E-state index in [0.29, 0.717) is 0 Å². The second-order valence-corrected chi connectivity index (χ2v) is 5.45. The van der Waals surface area contributed by atoms with Crippen LogP contribution < -0.4 is 22.1 Å². The van der Waals surface area contributed by atoms with Crippen LogP contribution in [-0.2, 0) is 19.2 Å². The minimum Gasteiger partial charge on any atom is -0.480 e. The summed E-state index contributed by atoms with van der Waals surface area (Å²) in [6, 6.07) is -3.35. The van der Waals surface area contributed by atoms with Crippen LogP contribution in [0.4, 0.5) is 0 Å². The Morgan fingerprint density at radius 2 is 1.68 bits per heavy atom. The molecule has 0 saturated heterocycles. The first-order valence-electron chi connectivity index (χ1n) is 6.58. The Labute approximate surface area is 133 Å². The number of hydrogen-bond acceptors (Lipinski definition) is 6. The molecule has 7 N–H and O–H groups in total. The van der Waals surface area contributed by atoms with E-state index in [2.05, 4.69) is 23.3 Å². The third-order valence-electron chi connectivity index (χ3n) is 2.80. The fourth-order valence-electron chi connectivity index (χ4n) is 1.55. The zero-order valence-corrected chi connectivity index (χ0v) is 13.3. The molecule has 126 valence electrons. The minimum absolute atomic E-state index is 0.0642. The predicted octanol–water partition coefficient (Wildman–Crippen LogP) is -2.17. The van der Waals surface area contributed by atoms with Crippen molar-refractivity contribution in [3.8, 4) is 0 Å². The van der Waals surface area contributed by atoms with Crippen molar-refractivity contribution in [2.24, 2.45) is 17.4 Å². The molecule has 9 nitrogen and oxygen atoms in total. The molecule has 0 fully saturated rings. The standard InChI is InChI=1S/C12H22N4O5S/c1-5(2)9(12(20)21)16-11(19)7(4-22)15-10(18)6(13)3-8(14)17/h5-7,9,22H,3-4,13H2,1-2H3,(H2,14,17)(H,15,18)(H,16,19)(H,20,21). The average Bonchev–Trinajstić information content (AvgIpc) is 2.39. The van der Waals surface area contributed by atoms with E-state index in [0.717, 1.165) is 0 Å². The van der Waals surface area contributed by atoms with Crippen LogP contribution in [0.15, 0.2) is 0 Å². The van der Waals surface area contributed by atoms with Crippen molar-refractivity contribution in [3.63, 3.8) is 0 Å². The molecule has 22 heavy (non-hydrogen) atoms. The lowest BCUT2D eigenvalue weighted by atomic mass is 10.0. The number of rotatable bonds is 9. The largest absolute Gasteiger partial charge is 0.480 e. The first-order valence-corrected chi connectivity index (χ1v) is 7.21. The number of nitrogens with two attached hydrogens (primary N) is 2. The molecule has 0 radical (unpaired) electrons. The molecule has 3 atom stereocenters. The molecule has 0 spiro atoms. The number of carbonyl (C=O) groups excluding carboxylic acids is 3. The van der Waals surface area contributed by atoms with Crippen LogP contribution in [-0.4, -0.2) is 52.7 Å². The Kier molecular flexibility index (Phi) is 8.50. The fraction of sp³-hybridized carbons (Fsp3) is 0.667. The highest BCUT2D eigenvalue weighted by molar-refractivity contribution is 7.80. The molecule has 0 rings (SSSR count). The normalized spacial score (nSPS) is 14.8. The molecule has 0 heterocycles. The van der Waals surface area contributed by atoms with Gasteiger partial charge in [0.1, 0.15) is 12.1 Å². The van der Waals surface area contributed by atoms with Gasteiger partial charge in [0.2, 0.25) is 17.7 Å². The fourth-order valence-corrected chi connectivity index (χ4v) is 1.81. The van der Waals surface area contributed by atoms with Gasteiger partial charge in [0.25, 0.3) is 0 Å². The van der Waals surface area contributed by atoms with Gasteiger partial charge in [-0.1, -0.05) is 13.8 Å². The van der Waals surface area contributed by atoms with Gasteiger partial charge in [-0.25, -0.2) is 4.79 Å². The molecule has 0 aromatic heterocycles. The maximum absolute atomic E-state index is 12.0. The molecule has 10 heteroatoms. The number of amides is 3.